The molecule has 0 unspecified atom stereocenters. The number of hydrogen-bond donors (Lipinski definition) is 4. The number of rotatable bonds is 6. The zero-order valence-electron chi connectivity index (χ0n) is 11.0. The van der Waals surface area contributed by atoms with E-state index in [4.69, 9.17) is 10.1 Å². The summed E-state index contributed by atoms with van der Waals surface area (Å²) in [4.78, 5) is 0. The third kappa shape index (κ3) is 5.41. The normalized spacial score (nSPS) is 9.42. The predicted molar refractivity (Wildman–Crippen MR) is 79.9 cm³/mol. The average Bonchev–Trinajstić information content (AvgIpc) is 2.45. The van der Waals surface area contributed by atoms with E-state index in [1.54, 1.807) is 18.3 Å². The summed E-state index contributed by atoms with van der Waals surface area (Å²) < 4.78 is 5.18. The fourth-order valence-corrected chi connectivity index (χ4v) is 1.48. The van der Waals surface area contributed by atoms with Gasteiger partial charge in [0.1, 0.15) is 5.75 Å². The Hall–Kier alpha value is -2.05. The predicted octanol–water partition coefficient (Wildman–Crippen LogP) is 0.387. The molecule has 6 heteroatoms. The zero-order valence-corrected chi connectivity index (χ0v) is 11.0. The molecule has 0 aliphatic rings. The Morgan fingerprint density at radius 3 is 2.63 bits per heavy atom. The van der Waals surface area contributed by atoms with E-state index in [1.807, 2.05) is 18.2 Å². The van der Waals surface area contributed by atoms with Crippen LogP contribution in [0.25, 0.3) is 6.08 Å². The van der Waals surface area contributed by atoms with Crippen molar-refractivity contribution >= 4 is 25.4 Å². The standard InChI is InChI=1S/C12H16BNO3.CH3N/c1-3-14-9-5-7-10-6-4-8-11(13(15)16)12(10)17-2;1-2/h3-8,14-16H,1,9H2,2H3;2H,1H2/b7-5+;. The highest BCUT2D eigenvalue weighted by Gasteiger charge is 2.18. The van der Waals surface area contributed by atoms with Crippen LogP contribution >= 0.6 is 0 Å². The van der Waals surface area contributed by atoms with Gasteiger partial charge in [0.15, 0.2) is 0 Å². The van der Waals surface area contributed by atoms with Crippen LogP contribution in [0.3, 0.4) is 0 Å². The Morgan fingerprint density at radius 2 is 2.11 bits per heavy atom. The van der Waals surface area contributed by atoms with Crippen molar-refractivity contribution in [1.29, 1.82) is 5.41 Å². The third-order valence-electron chi connectivity index (χ3n) is 2.24. The minimum Gasteiger partial charge on any atom is -0.496 e. The van der Waals surface area contributed by atoms with Crippen molar-refractivity contribution < 1.29 is 14.8 Å². The van der Waals surface area contributed by atoms with Gasteiger partial charge in [-0.3, -0.25) is 0 Å². The second-order valence-electron chi connectivity index (χ2n) is 3.36. The van der Waals surface area contributed by atoms with Gasteiger partial charge in [-0.2, -0.15) is 0 Å². The van der Waals surface area contributed by atoms with E-state index in [2.05, 4.69) is 18.6 Å². The molecule has 1 rings (SSSR count). The van der Waals surface area contributed by atoms with Crippen molar-refractivity contribution in [3.05, 3.63) is 42.6 Å². The summed E-state index contributed by atoms with van der Waals surface area (Å²) in [6.07, 6.45) is 5.35. The van der Waals surface area contributed by atoms with Crippen molar-refractivity contribution in [2.45, 2.75) is 0 Å². The number of benzene rings is 1. The molecule has 1 aromatic carbocycles. The van der Waals surface area contributed by atoms with E-state index < -0.39 is 7.12 Å². The molecular formula is C13H19BN2O3. The van der Waals surface area contributed by atoms with Crippen molar-refractivity contribution in [3.8, 4) is 5.75 Å². The fraction of sp³-hybridized carbons (Fsp3) is 0.154. The highest BCUT2D eigenvalue weighted by Crippen LogP contribution is 2.17. The van der Waals surface area contributed by atoms with Gasteiger partial charge in [-0.25, -0.2) is 0 Å². The lowest BCUT2D eigenvalue weighted by atomic mass is 9.78. The van der Waals surface area contributed by atoms with Crippen LogP contribution in [0.5, 0.6) is 5.75 Å². The summed E-state index contributed by atoms with van der Waals surface area (Å²) in [7, 11) is -0.0369. The van der Waals surface area contributed by atoms with E-state index in [0.29, 0.717) is 17.8 Å². The van der Waals surface area contributed by atoms with Crippen LogP contribution in [0.15, 0.2) is 37.1 Å². The molecule has 1 aromatic rings. The molecule has 0 saturated carbocycles. The maximum Gasteiger partial charge on any atom is 0.492 e. The molecule has 0 aliphatic carbocycles. The summed E-state index contributed by atoms with van der Waals surface area (Å²) in [6.45, 7) is 6.69. The average molecular weight is 262 g/mol. The quantitative estimate of drug-likeness (QED) is 0.339. The molecule has 0 heterocycles. The van der Waals surface area contributed by atoms with Gasteiger partial charge >= 0.3 is 7.12 Å². The van der Waals surface area contributed by atoms with Gasteiger partial charge in [-0.15, -0.1) is 0 Å². The van der Waals surface area contributed by atoms with E-state index in [1.165, 1.54) is 7.11 Å². The summed E-state index contributed by atoms with van der Waals surface area (Å²) in [5.41, 5.74) is 1.15. The first kappa shape index (κ1) is 17.0. The zero-order chi connectivity index (χ0) is 14.7. The molecule has 0 fully saturated rings. The first-order valence-corrected chi connectivity index (χ1v) is 5.60. The number of ether oxygens (including phenoxy) is 1. The Kier molecular flexibility index (Phi) is 8.86. The third-order valence-corrected chi connectivity index (χ3v) is 2.24. The second kappa shape index (κ2) is 9.93. The molecule has 0 aromatic heterocycles. The Morgan fingerprint density at radius 1 is 1.42 bits per heavy atom. The van der Waals surface area contributed by atoms with Crippen LogP contribution in [0.2, 0.25) is 0 Å². The second-order valence-corrected chi connectivity index (χ2v) is 3.36. The fourth-order valence-electron chi connectivity index (χ4n) is 1.48. The van der Waals surface area contributed by atoms with Gasteiger partial charge in [-0.05, 0) is 12.9 Å². The lowest BCUT2D eigenvalue weighted by Gasteiger charge is -2.10. The van der Waals surface area contributed by atoms with E-state index in [9.17, 15) is 10.0 Å². The molecule has 0 spiro atoms. The summed E-state index contributed by atoms with van der Waals surface area (Å²) in [6, 6.07) is 5.20. The Labute approximate surface area is 113 Å². The molecule has 19 heavy (non-hydrogen) atoms. The summed E-state index contributed by atoms with van der Waals surface area (Å²) >= 11 is 0. The van der Waals surface area contributed by atoms with Crippen LogP contribution in [0.1, 0.15) is 5.56 Å². The maximum absolute atomic E-state index is 9.20. The van der Waals surface area contributed by atoms with Crippen molar-refractivity contribution in [2.75, 3.05) is 13.7 Å². The molecule has 0 saturated heterocycles. The van der Waals surface area contributed by atoms with Crippen molar-refractivity contribution in [3.63, 3.8) is 0 Å². The molecule has 102 valence electrons. The van der Waals surface area contributed by atoms with E-state index in [0.717, 1.165) is 5.56 Å². The van der Waals surface area contributed by atoms with Crippen LogP contribution in [-0.2, 0) is 0 Å². The topological polar surface area (TPSA) is 85.6 Å². The molecule has 0 amide bonds. The van der Waals surface area contributed by atoms with Crippen LogP contribution < -0.4 is 15.5 Å². The first-order chi connectivity index (χ1) is 9.20. The van der Waals surface area contributed by atoms with Crippen LogP contribution in [0, 0.1) is 5.41 Å². The van der Waals surface area contributed by atoms with Gasteiger partial charge in [0, 0.05) is 17.6 Å². The van der Waals surface area contributed by atoms with Gasteiger partial charge < -0.3 is 25.5 Å². The number of hydrogen-bond acceptors (Lipinski definition) is 5. The molecule has 0 bridgehead atoms. The Balaban J connectivity index is 0.00000154. The number of para-hydroxylation sites is 1. The molecule has 5 nitrogen and oxygen atoms in total. The minimum atomic E-state index is -1.54. The van der Waals surface area contributed by atoms with Gasteiger partial charge in [0.05, 0.1) is 7.11 Å². The largest absolute Gasteiger partial charge is 0.496 e. The lowest BCUT2D eigenvalue weighted by molar-refractivity contribution is 0.402. The molecular weight excluding hydrogens is 243 g/mol. The van der Waals surface area contributed by atoms with Gasteiger partial charge in [0.25, 0.3) is 0 Å². The smallest absolute Gasteiger partial charge is 0.492 e. The molecule has 0 aliphatic heterocycles. The van der Waals surface area contributed by atoms with Gasteiger partial charge in [-0.1, -0.05) is 36.9 Å². The number of nitrogens with one attached hydrogen (secondary N) is 2. The minimum absolute atomic E-state index is 0.353. The molecule has 4 N–H and O–H groups in total. The van der Waals surface area contributed by atoms with Crippen LogP contribution in [0.4, 0.5) is 0 Å². The SMILES string of the molecule is C=CNC/C=C/c1cccc(B(O)O)c1OC.C=N. The van der Waals surface area contributed by atoms with E-state index in [-0.39, 0.29) is 0 Å². The molecule has 0 atom stereocenters. The van der Waals surface area contributed by atoms with Gasteiger partial charge in [0.2, 0.25) is 0 Å². The van der Waals surface area contributed by atoms with Crippen molar-refractivity contribution in [2.24, 2.45) is 0 Å². The summed E-state index contributed by atoms with van der Waals surface area (Å²) in [5, 5.41) is 26.8. The van der Waals surface area contributed by atoms with Crippen LogP contribution in [-0.4, -0.2) is 37.5 Å². The highest BCUT2D eigenvalue weighted by atomic mass is 16.5. The number of methoxy groups -OCH3 is 1. The maximum atomic E-state index is 9.20. The lowest BCUT2D eigenvalue weighted by Crippen LogP contribution is -2.31. The highest BCUT2D eigenvalue weighted by molar-refractivity contribution is 6.59. The van der Waals surface area contributed by atoms with E-state index >= 15 is 0 Å². The summed E-state index contributed by atoms with van der Waals surface area (Å²) in [5.74, 6) is 0.470. The first-order valence-electron chi connectivity index (χ1n) is 5.60. The monoisotopic (exact) mass is 262 g/mol. The molecule has 0 radical (unpaired) electrons. The van der Waals surface area contributed by atoms with Crippen molar-refractivity contribution in [1.82, 2.24) is 5.32 Å². The Bertz CT molecular complexity index is 422.